The van der Waals surface area contributed by atoms with Crippen molar-refractivity contribution in [3.05, 3.63) is 58.1 Å². The third-order valence-electron chi connectivity index (χ3n) is 3.36. The molecule has 1 amide bonds. The van der Waals surface area contributed by atoms with E-state index in [0.717, 1.165) is 11.1 Å². The molecule has 0 aliphatic rings. The summed E-state index contributed by atoms with van der Waals surface area (Å²) < 4.78 is 28.6. The summed E-state index contributed by atoms with van der Waals surface area (Å²) in [6.07, 6.45) is 0. The Hall–Kier alpha value is -2.38. The number of rotatable bonds is 6. The van der Waals surface area contributed by atoms with Crippen molar-refractivity contribution in [2.45, 2.75) is 19.7 Å². The number of hydrogen-bond donors (Lipinski definition) is 3. The number of anilines is 1. The molecule has 2 rings (SSSR count). The van der Waals surface area contributed by atoms with Gasteiger partial charge in [0.2, 0.25) is 0 Å². The van der Waals surface area contributed by atoms with Crippen molar-refractivity contribution in [1.29, 1.82) is 0 Å². The highest BCUT2D eigenvalue weighted by atomic mass is 35.5. The summed E-state index contributed by atoms with van der Waals surface area (Å²) in [6, 6.07) is 9.14. The van der Waals surface area contributed by atoms with Crippen LogP contribution < -0.4 is 21.5 Å². The summed E-state index contributed by atoms with van der Waals surface area (Å²) in [5.74, 6) is -0.602. The second kappa shape index (κ2) is 7.94. The van der Waals surface area contributed by atoms with Gasteiger partial charge in [-0.05, 0) is 35.4 Å². The summed E-state index contributed by atoms with van der Waals surface area (Å²) in [4.78, 5) is 12.2. The Balaban J connectivity index is 2.08. The van der Waals surface area contributed by atoms with Crippen molar-refractivity contribution in [2.24, 2.45) is 5.73 Å². The van der Waals surface area contributed by atoms with Gasteiger partial charge in [-0.1, -0.05) is 23.7 Å². The molecule has 0 atom stereocenters. The predicted octanol–water partition coefficient (Wildman–Crippen LogP) is 2.91. The van der Waals surface area contributed by atoms with Crippen LogP contribution in [0, 0.1) is 0 Å². The fourth-order valence-electron chi connectivity index (χ4n) is 2.18. The lowest BCUT2D eigenvalue weighted by Gasteiger charge is -2.12. The molecule has 0 unspecified atom stereocenters. The van der Waals surface area contributed by atoms with Crippen LogP contribution >= 0.6 is 11.6 Å². The number of hydrogen-bond acceptors (Lipinski definition) is 4. The molecule has 0 spiro atoms. The Bertz CT molecular complexity index is 741. The molecule has 0 bridgehead atoms. The van der Waals surface area contributed by atoms with Crippen molar-refractivity contribution in [3.63, 3.8) is 0 Å². The molecule has 8 heteroatoms. The summed E-state index contributed by atoms with van der Waals surface area (Å²) in [5, 5.41) is 2.63. The minimum atomic E-state index is -2.99. The predicted molar refractivity (Wildman–Crippen MR) is 88.0 cm³/mol. The van der Waals surface area contributed by atoms with E-state index in [2.05, 4.69) is 10.1 Å². The zero-order valence-corrected chi connectivity index (χ0v) is 13.3. The van der Waals surface area contributed by atoms with Crippen LogP contribution in [-0.4, -0.2) is 12.5 Å². The van der Waals surface area contributed by atoms with E-state index in [4.69, 9.17) is 23.1 Å². The molecule has 128 valence electrons. The van der Waals surface area contributed by atoms with Gasteiger partial charge in [-0.2, -0.15) is 8.78 Å². The Kier molecular flexibility index (Phi) is 5.94. The van der Waals surface area contributed by atoms with Crippen molar-refractivity contribution >= 4 is 23.2 Å². The highest BCUT2D eigenvalue weighted by Crippen LogP contribution is 2.27. The van der Waals surface area contributed by atoms with Gasteiger partial charge in [-0.3, -0.25) is 4.79 Å². The third-order valence-corrected chi connectivity index (χ3v) is 3.66. The first-order valence-corrected chi connectivity index (χ1v) is 7.39. The van der Waals surface area contributed by atoms with E-state index in [1.165, 1.54) is 18.2 Å². The molecular weight excluding hydrogens is 340 g/mol. The molecule has 2 aromatic rings. The van der Waals surface area contributed by atoms with E-state index in [0.29, 0.717) is 5.69 Å². The standard InChI is InChI=1S/C16H16ClF2N3O2/c17-12-6-9(4-5-14(12)24-16(18)19)15(23)22-8-10-2-1-3-13(21)11(10)7-20/h1-6,16H,7-8,20-21H2,(H,22,23). The number of carbonyl (C=O) groups is 1. The fourth-order valence-corrected chi connectivity index (χ4v) is 2.41. The monoisotopic (exact) mass is 355 g/mol. The van der Waals surface area contributed by atoms with Crippen LogP contribution in [0.15, 0.2) is 36.4 Å². The smallest absolute Gasteiger partial charge is 0.387 e. The molecule has 0 saturated heterocycles. The number of benzene rings is 2. The lowest BCUT2D eigenvalue weighted by molar-refractivity contribution is -0.0497. The molecule has 0 aromatic heterocycles. The van der Waals surface area contributed by atoms with E-state index in [9.17, 15) is 13.6 Å². The molecule has 0 heterocycles. The SMILES string of the molecule is NCc1c(N)cccc1CNC(=O)c1ccc(OC(F)F)c(Cl)c1. The molecular formula is C16H16ClF2N3O2. The average molecular weight is 356 g/mol. The van der Waals surface area contributed by atoms with Gasteiger partial charge in [0.1, 0.15) is 5.75 Å². The van der Waals surface area contributed by atoms with Crippen LogP contribution in [0.5, 0.6) is 5.75 Å². The van der Waals surface area contributed by atoms with Gasteiger partial charge >= 0.3 is 6.61 Å². The molecule has 0 fully saturated rings. The first-order chi connectivity index (χ1) is 11.4. The molecule has 5 nitrogen and oxygen atoms in total. The fraction of sp³-hybridized carbons (Fsp3) is 0.188. The highest BCUT2D eigenvalue weighted by Gasteiger charge is 2.13. The molecule has 24 heavy (non-hydrogen) atoms. The van der Waals surface area contributed by atoms with Crippen LogP contribution in [0.25, 0.3) is 0 Å². The molecule has 0 radical (unpaired) electrons. The van der Waals surface area contributed by atoms with Crippen molar-refractivity contribution in [2.75, 3.05) is 5.73 Å². The normalized spacial score (nSPS) is 10.7. The number of nitrogen functional groups attached to an aromatic ring is 1. The number of ether oxygens (including phenoxy) is 1. The van der Waals surface area contributed by atoms with Gasteiger partial charge < -0.3 is 21.5 Å². The van der Waals surface area contributed by atoms with E-state index in [1.807, 2.05) is 6.07 Å². The maximum absolute atomic E-state index is 12.2. The second-order valence-electron chi connectivity index (χ2n) is 4.90. The molecule has 0 saturated carbocycles. The summed E-state index contributed by atoms with van der Waals surface area (Å²) in [5.41, 5.74) is 13.8. The lowest BCUT2D eigenvalue weighted by Crippen LogP contribution is -2.24. The number of nitrogens with one attached hydrogen (secondary N) is 1. The summed E-state index contributed by atoms with van der Waals surface area (Å²) in [7, 11) is 0. The maximum Gasteiger partial charge on any atom is 0.387 e. The minimum Gasteiger partial charge on any atom is -0.433 e. The van der Waals surface area contributed by atoms with Gasteiger partial charge in [-0.25, -0.2) is 0 Å². The van der Waals surface area contributed by atoms with Gasteiger partial charge in [0.25, 0.3) is 5.91 Å². The first-order valence-electron chi connectivity index (χ1n) is 7.01. The largest absolute Gasteiger partial charge is 0.433 e. The van der Waals surface area contributed by atoms with Crippen LogP contribution in [-0.2, 0) is 13.1 Å². The number of carbonyl (C=O) groups excluding carboxylic acids is 1. The third kappa shape index (κ3) is 4.33. The van der Waals surface area contributed by atoms with E-state index in [-0.39, 0.29) is 29.4 Å². The molecule has 2 aromatic carbocycles. The zero-order valence-electron chi connectivity index (χ0n) is 12.6. The van der Waals surface area contributed by atoms with Crippen LogP contribution in [0.2, 0.25) is 5.02 Å². The number of amides is 1. The number of alkyl halides is 2. The van der Waals surface area contributed by atoms with Crippen molar-refractivity contribution in [1.82, 2.24) is 5.32 Å². The number of halogens is 3. The topological polar surface area (TPSA) is 90.4 Å². The van der Waals surface area contributed by atoms with E-state index < -0.39 is 12.5 Å². The Labute approximate surface area is 142 Å². The Morgan fingerprint density at radius 1 is 1.29 bits per heavy atom. The molecule has 0 aliphatic carbocycles. The Morgan fingerprint density at radius 2 is 2.04 bits per heavy atom. The van der Waals surface area contributed by atoms with Gasteiger partial charge in [-0.15, -0.1) is 0 Å². The second-order valence-corrected chi connectivity index (χ2v) is 5.30. The van der Waals surface area contributed by atoms with Gasteiger partial charge in [0, 0.05) is 24.3 Å². The molecule has 0 aliphatic heterocycles. The lowest BCUT2D eigenvalue weighted by atomic mass is 10.1. The maximum atomic E-state index is 12.2. The van der Waals surface area contributed by atoms with Crippen LogP contribution in [0.4, 0.5) is 14.5 Å². The highest BCUT2D eigenvalue weighted by molar-refractivity contribution is 6.32. The summed E-state index contributed by atoms with van der Waals surface area (Å²) in [6.45, 7) is -2.51. The first kappa shape index (κ1) is 18.0. The van der Waals surface area contributed by atoms with Gasteiger partial charge in [0.05, 0.1) is 5.02 Å². The van der Waals surface area contributed by atoms with E-state index in [1.54, 1.807) is 12.1 Å². The quantitative estimate of drug-likeness (QED) is 0.695. The van der Waals surface area contributed by atoms with E-state index >= 15 is 0 Å². The molecule has 5 N–H and O–H groups in total. The van der Waals surface area contributed by atoms with Crippen LogP contribution in [0.1, 0.15) is 21.5 Å². The number of nitrogens with two attached hydrogens (primary N) is 2. The summed E-state index contributed by atoms with van der Waals surface area (Å²) >= 11 is 5.83. The van der Waals surface area contributed by atoms with Gasteiger partial charge in [0.15, 0.2) is 0 Å². The zero-order chi connectivity index (χ0) is 17.7. The van der Waals surface area contributed by atoms with Crippen LogP contribution in [0.3, 0.4) is 0 Å². The Morgan fingerprint density at radius 3 is 2.67 bits per heavy atom. The average Bonchev–Trinajstić information content (AvgIpc) is 2.54. The minimum absolute atomic E-state index is 0.0745. The van der Waals surface area contributed by atoms with Crippen molar-refractivity contribution in [3.8, 4) is 5.75 Å². The van der Waals surface area contributed by atoms with Crippen molar-refractivity contribution < 1.29 is 18.3 Å².